The number of allylic oxidation sites excluding steroid dienone is 1. The number of rotatable bonds is 8. The first kappa shape index (κ1) is 24.3. The Morgan fingerprint density at radius 3 is 2.53 bits per heavy atom. The van der Waals surface area contributed by atoms with Crippen molar-refractivity contribution in [3.63, 3.8) is 0 Å². The molecule has 1 aromatic heterocycles. The van der Waals surface area contributed by atoms with E-state index in [-0.39, 0.29) is 26.4 Å². The Bertz CT molecular complexity index is 1270. The zero-order valence-electron chi connectivity index (χ0n) is 16.9. The summed E-state index contributed by atoms with van der Waals surface area (Å²) in [7, 11) is -3.98. The normalized spacial score (nSPS) is 11.4. The average molecular weight is 512 g/mol. The van der Waals surface area contributed by atoms with Crippen molar-refractivity contribution >= 4 is 56.6 Å². The van der Waals surface area contributed by atoms with Crippen LogP contribution in [0.25, 0.3) is 11.4 Å². The Morgan fingerprint density at radius 1 is 1.25 bits per heavy atom. The molecule has 0 aliphatic carbocycles. The van der Waals surface area contributed by atoms with E-state index in [0.717, 1.165) is 23.3 Å². The smallest absolute Gasteiger partial charge is 0.238 e. The van der Waals surface area contributed by atoms with E-state index in [1.807, 2.05) is 35.8 Å². The van der Waals surface area contributed by atoms with Crippen LogP contribution in [0.1, 0.15) is 5.56 Å². The highest BCUT2D eigenvalue weighted by atomic mass is 35.5. The van der Waals surface area contributed by atoms with Gasteiger partial charge in [-0.2, -0.15) is 0 Å². The lowest BCUT2D eigenvalue weighted by atomic mass is 10.1. The van der Waals surface area contributed by atoms with Gasteiger partial charge in [-0.3, -0.25) is 9.36 Å². The predicted octanol–water partition coefficient (Wildman–Crippen LogP) is 4.12. The van der Waals surface area contributed by atoms with E-state index in [1.165, 1.54) is 11.8 Å². The molecule has 0 aliphatic rings. The minimum Gasteiger partial charge on any atom is -0.323 e. The Hall–Kier alpha value is -2.37. The Kier molecular flexibility index (Phi) is 7.63. The molecule has 0 aliphatic heterocycles. The first-order valence-corrected chi connectivity index (χ1v) is 12.4. The maximum Gasteiger partial charge on any atom is 0.238 e. The summed E-state index contributed by atoms with van der Waals surface area (Å²) in [6, 6.07) is 10.1. The van der Waals surface area contributed by atoms with Crippen LogP contribution in [0.4, 0.5) is 5.69 Å². The number of aryl methyl sites for hydroxylation is 1. The molecule has 3 rings (SSSR count). The highest BCUT2D eigenvalue weighted by Crippen LogP contribution is 2.33. The van der Waals surface area contributed by atoms with Gasteiger partial charge in [0.05, 0.1) is 26.4 Å². The number of carbonyl (C=O) groups excluding carboxylic acids is 1. The lowest BCUT2D eigenvalue weighted by Crippen LogP contribution is -2.16. The third-order valence-electron chi connectivity index (χ3n) is 4.25. The van der Waals surface area contributed by atoms with Crippen LogP contribution in [0, 0.1) is 6.92 Å². The number of primary sulfonamides is 1. The number of carbonyl (C=O) groups is 1. The second-order valence-corrected chi connectivity index (χ2v) is 10.0. The monoisotopic (exact) mass is 511 g/mol. The number of anilines is 1. The van der Waals surface area contributed by atoms with Crippen molar-refractivity contribution in [2.75, 3.05) is 11.1 Å². The summed E-state index contributed by atoms with van der Waals surface area (Å²) in [6.07, 6.45) is 1.72. The van der Waals surface area contributed by atoms with E-state index in [9.17, 15) is 13.2 Å². The highest BCUT2D eigenvalue weighted by Gasteiger charge is 2.18. The number of nitrogens with one attached hydrogen (secondary N) is 1. The van der Waals surface area contributed by atoms with Crippen LogP contribution < -0.4 is 10.5 Å². The molecular weight excluding hydrogens is 493 g/mol. The topological polar surface area (TPSA) is 120 Å². The number of halogens is 2. The largest absolute Gasteiger partial charge is 0.323 e. The molecule has 2 aromatic carbocycles. The van der Waals surface area contributed by atoms with E-state index < -0.39 is 15.9 Å². The van der Waals surface area contributed by atoms with Crippen LogP contribution in [-0.4, -0.2) is 34.8 Å². The molecule has 168 valence electrons. The number of hydrogen-bond acceptors (Lipinski definition) is 6. The summed E-state index contributed by atoms with van der Waals surface area (Å²) in [5, 5.41) is 16.6. The molecule has 0 saturated heterocycles. The third-order valence-corrected chi connectivity index (χ3v) is 6.70. The first-order valence-electron chi connectivity index (χ1n) is 9.15. The predicted molar refractivity (Wildman–Crippen MR) is 128 cm³/mol. The van der Waals surface area contributed by atoms with Crippen molar-refractivity contribution in [2.24, 2.45) is 5.14 Å². The average Bonchev–Trinajstić information content (AvgIpc) is 3.11. The summed E-state index contributed by atoms with van der Waals surface area (Å²) < 4.78 is 24.8. The van der Waals surface area contributed by atoms with Gasteiger partial charge >= 0.3 is 0 Å². The van der Waals surface area contributed by atoms with Gasteiger partial charge in [0.2, 0.25) is 15.9 Å². The molecule has 0 fully saturated rings. The molecule has 0 saturated carbocycles. The number of hydrogen-bond donors (Lipinski definition) is 2. The molecule has 1 heterocycles. The van der Waals surface area contributed by atoms with Crippen molar-refractivity contribution in [3.05, 3.63) is 64.7 Å². The van der Waals surface area contributed by atoms with E-state index in [2.05, 4.69) is 22.1 Å². The van der Waals surface area contributed by atoms with Gasteiger partial charge in [-0.15, -0.1) is 16.8 Å². The van der Waals surface area contributed by atoms with E-state index >= 15 is 0 Å². The standard InChI is InChI=1S/C20H19Cl2N5O3S2/c1-3-7-27-19(13-6-4-5-12(2)8-13)25-26-20(27)31-11-17(28)24-18-15(21)9-14(10-16(18)22)32(23,29)30/h3-6,8-10H,1,7,11H2,2H3,(H,24,28)(H2,23,29,30). The Labute approximate surface area is 199 Å². The summed E-state index contributed by atoms with van der Waals surface area (Å²) in [4.78, 5) is 12.2. The molecule has 1 amide bonds. The molecule has 0 radical (unpaired) electrons. The van der Waals surface area contributed by atoms with Crippen LogP contribution in [-0.2, 0) is 21.4 Å². The summed E-state index contributed by atoms with van der Waals surface area (Å²) in [5.41, 5.74) is 2.09. The quantitative estimate of drug-likeness (QED) is 0.346. The SMILES string of the molecule is C=CCn1c(SCC(=O)Nc2c(Cl)cc(S(N)(=O)=O)cc2Cl)nnc1-c1cccc(C)c1. The van der Waals surface area contributed by atoms with Gasteiger partial charge in [-0.25, -0.2) is 13.6 Å². The minimum absolute atomic E-state index is 0.00725. The maximum atomic E-state index is 12.5. The molecular formula is C20H19Cl2N5O3S2. The van der Waals surface area contributed by atoms with Gasteiger partial charge in [0.25, 0.3) is 0 Å². The number of thioether (sulfide) groups is 1. The second-order valence-electron chi connectivity index (χ2n) is 6.72. The molecule has 3 aromatic rings. The number of benzene rings is 2. The molecule has 8 nitrogen and oxygen atoms in total. The first-order chi connectivity index (χ1) is 15.1. The number of aromatic nitrogens is 3. The summed E-state index contributed by atoms with van der Waals surface area (Å²) in [5.74, 6) is 0.251. The van der Waals surface area contributed by atoms with Crippen LogP contribution >= 0.6 is 35.0 Å². The molecule has 12 heteroatoms. The number of nitrogens with two attached hydrogens (primary N) is 1. The van der Waals surface area contributed by atoms with Gasteiger partial charge in [-0.1, -0.05) is 64.8 Å². The fraction of sp³-hybridized carbons (Fsp3) is 0.150. The summed E-state index contributed by atoms with van der Waals surface area (Å²) in [6.45, 7) is 6.23. The van der Waals surface area contributed by atoms with Gasteiger partial charge < -0.3 is 5.32 Å². The zero-order chi connectivity index (χ0) is 23.5. The molecule has 3 N–H and O–H groups in total. The van der Waals surface area contributed by atoms with Crippen LogP contribution in [0.5, 0.6) is 0 Å². The molecule has 0 spiro atoms. The van der Waals surface area contributed by atoms with Gasteiger partial charge in [0.15, 0.2) is 11.0 Å². The fourth-order valence-electron chi connectivity index (χ4n) is 2.83. The Morgan fingerprint density at radius 2 is 1.94 bits per heavy atom. The lowest BCUT2D eigenvalue weighted by molar-refractivity contribution is -0.113. The van der Waals surface area contributed by atoms with Crippen molar-refractivity contribution in [2.45, 2.75) is 23.5 Å². The van der Waals surface area contributed by atoms with E-state index in [1.54, 1.807) is 6.08 Å². The number of sulfonamides is 1. The van der Waals surface area contributed by atoms with Gasteiger partial charge in [0, 0.05) is 12.1 Å². The van der Waals surface area contributed by atoms with Gasteiger partial charge in [-0.05, 0) is 25.1 Å². The minimum atomic E-state index is -3.98. The molecule has 0 atom stereocenters. The molecule has 0 unspecified atom stereocenters. The maximum absolute atomic E-state index is 12.5. The molecule has 32 heavy (non-hydrogen) atoms. The fourth-order valence-corrected chi connectivity index (χ4v) is 4.85. The lowest BCUT2D eigenvalue weighted by Gasteiger charge is -2.11. The van der Waals surface area contributed by atoms with Crippen LogP contribution in [0.2, 0.25) is 10.0 Å². The van der Waals surface area contributed by atoms with Crippen molar-refractivity contribution in [3.8, 4) is 11.4 Å². The van der Waals surface area contributed by atoms with Gasteiger partial charge in [0.1, 0.15) is 0 Å². The third kappa shape index (κ3) is 5.70. The zero-order valence-corrected chi connectivity index (χ0v) is 20.0. The van der Waals surface area contributed by atoms with E-state index in [0.29, 0.717) is 17.5 Å². The number of nitrogens with zero attached hydrogens (tertiary/aromatic N) is 3. The molecule has 0 bridgehead atoms. The van der Waals surface area contributed by atoms with Crippen molar-refractivity contribution in [1.29, 1.82) is 0 Å². The highest BCUT2D eigenvalue weighted by molar-refractivity contribution is 7.99. The van der Waals surface area contributed by atoms with E-state index in [4.69, 9.17) is 28.3 Å². The number of amides is 1. The van der Waals surface area contributed by atoms with Crippen LogP contribution in [0.3, 0.4) is 0 Å². The second kappa shape index (κ2) is 10.1. The summed E-state index contributed by atoms with van der Waals surface area (Å²) >= 11 is 13.4. The Balaban J connectivity index is 1.76. The van der Waals surface area contributed by atoms with Crippen molar-refractivity contribution < 1.29 is 13.2 Å². The van der Waals surface area contributed by atoms with Crippen molar-refractivity contribution in [1.82, 2.24) is 14.8 Å². The van der Waals surface area contributed by atoms with Crippen LogP contribution in [0.15, 0.2) is 59.1 Å².